The van der Waals surface area contributed by atoms with Crippen LogP contribution in [0.5, 0.6) is 0 Å². The van der Waals surface area contributed by atoms with E-state index >= 15 is 0 Å². The maximum atomic E-state index is 13.0. The van der Waals surface area contributed by atoms with Crippen LogP contribution < -0.4 is 5.32 Å². The van der Waals surface area contributed by atoms with Gasteiger partial charge < -0.3 is 14.8 Å². The van der Waals surface area contributed by atoms with Gasteiger partial charge >= 0.3 is 6.03 Å². The largest absolute Gasteiger partial charge is 0.345 e. The molecule has 0 spiro atoms. The zero-order valence-corrected chi connectivity index (χ0v) is 15.3. The van der Waals surface area contributed by atoms with Crippen molar-refractivity contribution in [3.63, 3.8) is 0 Å². The summed E-state index contributed by atoms with van der Waals surface area (Å²) < 4.78 is 2.34. The number of aromatic nitrogens is 1. The number of benzene rings is 1. The smallest absolute Gasteiger partial charge is 0.322 e. The fraction of sp³-hybridized carbons (Fsp3) is 0.450. The zero-order chi connectivity index (χ0) is 17.4. The minimum atomic E-state index is -0.00694. The highest BCUT2D eigenvalue weighted by atomic mass is 16.2. The normalized spacial score (nSPS) is 17.1. The molecule has 1 aromatic carbocycles. The van der Waals surface area contributed by atoms with E-state index in [1.807, 2.05) is 17.0 Å². The Morgan fingerprint density at radius 1 is 1.12 bits per heavy atom. The molecule has 2 amide bonds. The first-order chi connectivity index (χ1) is 11.4. The van der Waals surface area contributed by atoms with Crippen LogP contribution in [0.1, 0.15) is 42.4 Å². The van der Waals surface area contributed by atoms with Crippen LogP contribution in [0.4, 0.5) is 10.5 Å². The minimum Gasteiger partial charge on any atom is -0.345 e. The lowest BCUT2D eigenvalue weighted by Gasteiger charge is -2.39. The van der Waals surface area contributed by atoms with Crippen LogP contribution in [0.25, 0.3) is 0 Å². The van der Waals surface area contributed by atoms with Crippen molar-refractivity contribution in [1.82, 2.24) is 9.47 Å². The average molecular weight is 325 g/mol. The summed E-state index contributed by atoms with van der Waals surface area (Å²) in [4.78, 5) is 15.0. The molecular weight excluding hydrogens is 298 g/mol. The van der Waals surface area contributed by atoms with Crippen LogP contribution in [-0.2, 0) is 6.54 Å². The molecule has 0 unspecified atom stereocenters. The lowest BCUT2D eigenvalue weighted by molar-refractivity contribution is 0.143. The second kappa shape index (κ2) is 6.34. The molecule has 3 rings (SSSR count). The highest BCUT2D eigenvalue weighted by molar-refractivity contribution is 5.90. The van der Waals surface area contributed by atoms with Gasteiger partial charge in [-0.05, 0) is 56.0 Å². The summed E-state index contributed by atoms with van der Waals surface area (Å²) in [5.74, 6) is 0.364. The first-order valence-corrected chi connectivity index (χ1v) is 8.70. The van der Waals surface area contributed by atoms with Gasteiger partial charge in [0.2, 0.25) is 0 Å². The highest BCUT2D eigenvalue weighted by Crippen LogP contribution is 2.34. The molecule has 0 bridgehead atoms. The molecular formula is C20H27N3O. The van der Waals surface area contributed by atoms with E-state index in [1.165, 1.54) is 17.0 Å². The molecule has 1 atom stereocenters. The number of carbonyl (C=O) groups excluding carboxylic acids is 1. The van der Waals surface area contributed by atoms with E-state index in [-0.39, 0.29) is 12.1 Å². The van der Waals surface area contributed by atoms with Gasteiger partial charge in [-0.1, -0.05) is 26.0 Å². The Morgan fingerprint density at radius 3 is 2.58 bits per heavy atom. The van der Waals surface area contributed by atoms with Crippen molar-refractivity contribution in [1.29, 1.82) is 0 Å². The number of hydrogen-bond donors (Lipinski definition) is 1. The van der Waals surface area contributed by atoms with Crippen molar-refractivity contribution >= 4 is 11.7 Å². The standard InChI is InChI=1S/C20H27N3O/c1-13(2)19-18-10-9-15(4)22(18)11-12-23(19)20(24)21-17-8-6-7-14(3)16(17)5/h6-10,13,19H,11-12H2,1-5H3,(H,21,24)/t19-/m0/s1. The number of rotatable bonds is 2. The summed E-state index contributed by atoms with van der Waals surface area (Å²) in [7, 11) is 0. The van der Waals surface area contributed by atoms with E-state index < -0.39 is 0 Å². The van der Waals surface area contributed by atoms with E-state index in [2.05, 4.69) is 62.7 Å². The van der Waals surface area contributed by atoms with Gasteiger partial charge in [-0.2, -0.15) is 0 Å². The van der Waals surface area contributed by atoms with Crippen LogP contribution in [-0.4, -0.2) is 22.0 Å². The Hall–Kier alpha value is -2.23. The fourth-order valence-corrected chi connectivity index (χ4v) is 3.66. The number of anilines is 1. The van der Waals surface area contributed by atoms with Crippen molar-refractivity contribution in [2.45, 2.75) is 47.2 Å². The quantitative estimate of drug-likeness (QED) is 0.857. The number of nitrogens with one attached hydrogen (secondary N) is 1. The summed E-state index contributed by atoms with van der Waals surface area (Å²) in [5.41, 5.74) is 5.73. The Kier molecular flexibility index (Phi) is 4.39. The molecule has 1 aliphatic rings. The Balaban J connectivity index is 1.88. The first kappa shape index (κ1) is 16.6. The molecule has 1 N–H and O–H groups in total. The monoisotopic (exact) mass is 325 g/mol. The number of amides is 2. The van der Waals surface area contributed by atoms with Crippen molar-refractivity contribution in [2.75, 3.05) is 11.9 Å². The van der Waals surface area contributed by atoms with Crippen LogP contribution in [0.15, 0.2) is 30.3 Å². The maximum absolute atomic E-state index is 13.0. The summed E-state index contributed by atoms with van der Waals surface area (Å²) in [5, 5.41) is 3.12. The number of fused-ring (bicyclic) bond motifs is 1. The van der Waals surface area contributed by atoms with Crippen molar-refractivity contribution in [2.24, 2.45) is 5.92 Å². The predicted molar refractivity (Wildman–Crippen MR) is 98.4 cm³/mol. The molecule has 0 radical (unpaired) electrons. The summed E-state index contributed by atoms with van der Waals surface area (Å²) >= 11 is 0. The fourth-order valence-electron chi connectivity index (χ4n) is 3.66. The third-order valence-electron chi connectivity index (χ3n) is 5.17. The number of hydrogen-bond acceptors (Lipinski definition) is 1. The molecule has 2 aromatic rings. The minimum absolute atomic E-state index is 0.00694. The summed E-state index contributed by atoms with van der Waals surface area (Å²) in [6.07, 6.45) is 0. The number of nitrogens with zero attached hydrogens (tertiary/aromatic N) is 2. The van der Waals surface area contributed by atoms with E-state index in [9.17, 15) is 4.79 Å². The van der Waals surface area contributed by atoms with Gasteiger partial charge in [-0.3, -0.25) is 0 Å². The van der Waals surface area contributed by atoms with Gasteiger partial charge in [0.15, 0.2) is 0 Å². The van der Waals surface area contributed by atoms with Gasteiger partial charge in [0.1, 0.15) is 0 Å². The van der Waals surface area contributed by atoms with Crippen LogP contribution in [0.3, 0.4) is 0 Å². The molecule has 1 aromatic heterocycles. The molecule has 128 valence electrons. The van der Waals surface area contributed by atoms with Crippen molar-refractivity contribution in [3.05, 3.63) is 52.8 Å². The SMILES string of the molecule is Cc1cccc(NC(=O)N2CCn3c(C)ccc3[C@@H]2C(C)C)c1C. The molecule has 4 nitrogen and oxygen atoms in total. The third-order valence-corrected chi connectivity index (χ3v) is 5.17. The Morgan fingerprint density at radius 2 is 1.88 bits per heavy atom. The zero-order valence-electron chi connectivity index (χ0n) is 15.3. The lowest BCUT2D eigenvalue weighted by Crippen LogP contribution is -2.46. The molecule has 0 fully saturated rings. The van der Waals surface area contributed by atoms with E-state index in [1.54, 1.807) is 0 Å². The Bertz CT molecular complexity index is 760. The molecule has 0 aliphatic carbocycles. The second-order valence-electron chi connectivity index (χ2n) is 7.11. The van der Waals surface area contributed by atoms with Crippen molar-refractivity contribution < 1.29 is 4.79 Å². The number of carbonyl (C=O) groups is 1. The first-order valence-electron chi connectivity index (χ1n) is 8.70. The van der Waals surface area contributed by atoms with Gasteiger partial charge in [0.25, 0.3) is 0 Å². The van der Waals surface area contributed by atoms with E-state index in [4.69, 9.17) is 0 Å². The van der Waals surface area contributed by atoms with E-state index in [0.29, 0.717) is 5.92 Å². The molecule has 1 aliphatic heterocycles. The predicted octanol–water partition coefficient (Wildman–Crippen LogP) is 4.66. The maximum Gasteiger partial charge on any atom is 0.322 e. The molecule has 0 saturated heterocycles. The summed E-state index contributed by atoms with van der Waals surface area (Å²) in [6.45, 7) is 12.2. The van der Waals surface area contributed by atoms with Crippen LogP contribution in [0, 0.1) is 26.7 Å². The molecule has 0 saturated carbocycles. The molecule has 2 heterocycles. The topological polar surface area (TPSA) is 37.3 Å². The summed E-state index contributed by atoms with van der Waals surface area (Å²) in [6, 6.07) is 10.4. The second-order valence-corrected chi connectivity index (χ2v) is 7.11. The number of urea groups is 1. The lowest BCUT2D eigenvalue weighted by atomic mass is 9.97. The highest BCUT2D eigenvalue weighted by Gasteiger charge is 2.33. The van der Waals surface area contributed by atoms with Gasteiger partial charge in [0.05, 0.1) is 6.04 Å². The van der Waals surface area contributed by atoms with Crippen LogP contribution >= 0.6 is 0 Å². The van der Waals surface area contributed by atoms with Gasteiger partial charge in [-0.15, -0.1) is 0 Å². The van der Waals surface area contributed by atoms with Crippen LogP contribution in [0.2, 0.25) is 0 Å². The van der Waals surface area contributed by atoms with Crippen molar-refractivity contribution in [3.8, 4) is 0 Å². The van der Waals surface area contributed by atoms with Gasteiger partial charge in [-0.25, -0.2) is 4.79 Å². The Labute approximate surface area is 144 Å². The number of aryl methyl sites for hydroxylation is 2. The molecule has 24 heavy (non-hydrogen) atoms. The average Bonchev–Trinajstić information content (AvgIpc) is 2.92. The van der Waals surface area contributed by atoms with E-state index in [0.717, 1.165) is 24.3 Å². The third kappa shape index (κ3) is 2.81. The molecule has 4 heteroatoms. The van der Waals surface area contributed by atoms with Gasteiger partial charge in [0, 0.05) is 30.2 Å².